The average Bonchev–Trinajstić information content (AvgIpc) is 3.39. The first kappa shape index (κ1) is 23.2. The molecule has 32 heavy (non-hydrogen) atoms. The van der Waals surface area contributed by atoms with Gasteiger partial charge in [-0.3, -0.25) is 9.59 Å². The van der Waals surface area contributed by atoms with Gasteiger partial charge in [-0.1, -0.05) is 25.0 Å². The summed E-state index contributed by atoms with van der Waals surface area (Å²) in [4.78, 5) is 24.5. The highest BCUT2D eigenvalue weighted by Crippen LogP contribution is 2.37. The summed E-state index contributed by atoms with van der Waals surface area (Å²) in [6.07, 6.45) is 4.29. The third kappa shape index (κ3) is 5.22. The first-order chi connectivity index (χ1) is 15.5. The molecule has 8 heteroatoms. The van der Waals surface area contributed by atoms with Crippen LogP contribution in [0, 0.1) is 25.2 Å². The van der Waals surface area contributed by atoms with Gasteiger partial charge in [0, 0.05) is 11.7 Å². The predicted octanol–water partition coefficient (Wildman–Crippen LogP) is 4.05. The second-order valence-corrected chi connectivity index (χ2v) is 7.81. The fourth-order valence-corrected chi connectivity index (χ4v) is 4.07. The van der Waals surface area contributed by atoms with Crippen LogP contribution in [0.3, 0.4) is 0 Å². The summed E-state index contributed by atoms with van der Waals surface area (Å²) >= 11 is 0. The Bertz CT molecular complexity index is 1020. The lowest BCUT2D eigenvalue weighted by Gasteiger charge is -2.19. The second kappa shape index (κ2) is 10.7. The molecule has 0 bridgehead atoms. The minimum atomic E-state index is -0.547. The van der Waals surface area contributed by atoms with E-state index in [9.17, 15) is 14.9 Å². The monoisotopic (exact) mass is 439 g/mol. The Labute approximate surface area is 188 Å². The van der Waals surface area contributed by atoms with Crippen molar-refractivity contribution >= 4 is 17.7 Å². The van der Waals surface area contributed by atoms with Crippen molar-refractivity contribution in [3.63, 3.8) is 0 Å². The molecular weight excluding hydrogens is 410 g/mol. The standard InChI is InChI=1S/C24H29N3O5/c1-16-17(2)27(18-8-4-5-9-18)24(19(16)14-25)26-22(28)15-32-23(29)12-13-31-21-11-7-6-10-20(21)30-3/h6-7,10-11,18H,4-5,8-9,12-13,15H2,1-3H3,(H,26,28). The number of para-hydroxylation sites is 2. The van der Waals surface area contributed by atoms with Crippen molar-refractivity contribution in [2.75, 3.05) is 25.6 Å². The molecule has 1 aromatic carbocycles. The summed E-state index contributed by atoms with van der Waals surface area (Å²) in [5.41, 5.74) is 2.30. The zero-order chi connectivity index (χ0) is 23.1. The molecule has 0 aliphatic heterocycles. The van der Waals surface area contributed by atoms with Crippen LogP contribution in [0.4, 0.5) is 5.82 Å². The number of nitrogens with zero attached hydrogens (tertiary/aromatic N) is 2. The quantitative estimate of drug-likeness (QED) is 0.591. The van der Waals surface area contributed by atoms with E-state index >= 15 is 0 Å². The maximum absolute atomic E-state index is 12.5. The number of carbonyl (C=O) groups excluding carboxylic acids is 2. The van der Waals surface area contributed by atoms with E-state index in [1.165, 1.54) is 0 Å². The van der Waals surface area contributed by atoms with E-state index in [-0.39, 0.29) is 19.1 Å². The van der Waals surface area contributed by atoms with Crippen molar-refractivity contribution in [3.8, 4) is 17.6 Å². The molecule has 1 aliphatic carbocycles. The van der Waals surface area contributed by atoms with Gasteiger partial charge in [0.05, 0.1) is 25.7 Å². The van der Waals surface area contributed by atoms with Crippen molar-refractivity contribution in [1.29, 1.82) is 5.26 Å². The summed E-state index contributed by atoms with van der Waals surface area (Å²) in [6.45, 7) is 3.53. The van der Waals surface area contributed by atoms with E-state index in [1.807, 2.05) is 19.9 Å². The Hall–Kier alpha value is -3.47. The maximum atomic E-state index is 12.5. The number of ether oxygens (including phenoxy) is 3. The van der Waals surface area contributed by atoms with E-state index in [4.69, 9.17) is 14.2 Å². The zero-order valence-electron chi connectivity index (χ0n) is 18.8. The SMILES string of the molecule is COc1ccccc1OCCC(=O)OCC(=O)Nc1c(C#N)c(C)c(C)n1C1CCCC1. The lowest BCUT2D eigenvalue weighted by molar-refractivity contribution is -0.147. The lowest BCUT2D eigenvalue weighted by atomic mass is 10.2. The third-order valence-electron chi connectivity index (χ3n) is 5.81. The predicted molar refractivity (Wildman–Crippen MR) is 119 cm³/mol. The molecule has 170 valence electrons. The highest BCUT2D eigenvalue weighted by molar-refractivity contribution is 5.93. The van der Waals surface area contributed by atoms with Crippen LogP contribution in [0.25, 0.3) is 0 Å². The number of methoxy groups -OCH3 is 1. The topological polar surface area (TPSA) is 103 Å². The highest BCUT2D eigenvalue weighted by Gasteiger charge is 2.26. The number of anilines is 1. The number of hydrogen-bond acceptors (Lipinski definition) is 6. The van der Waals surface area contributed by atoms with Gasteiger partial charge in [-0.25, -0.2) is 0 Å². The molecule has 0 unspecified atom stereocenters. The van der Waals surface area contributed by atoms with Crippen LogP contribution >= 0.6 is 0 Å². The zero-order valence-corrected chi connectivity index (χ0v) is 18.8. The van der Waals surface area contributed by atoms with E-state index in [0.717, 1.165) is 36.9 Å². The van der Waals surface area contributed by atoms with Gasteiger partial charge < -0.3 is 24.1 Å². The maximum Gasteiger partial charge on any atom is 0.309 e. The number of rotatable bonds is 9. The molecule has 8 nitrogen and oxygen atoms in total. The number of nitrogens with one attached hydrogen (secondary N) is 1. The fraction of sp³-hybridized carbons (Fsp3) is 0.458. The van der Waals surface area contributed by atoms with Crippen LogP contribution in [0.5, 0.6) is 11.5 Å². The number of benzene rings is 1. The summed E-state index contributed by atoms with van der Waals surface area (Å²) in [7, 11) is 1.54. The van der Waals surface area contributed by atoms with E-state index < -0.39 is 18.5 Å². The minimum Gasteiger partial charge on any atom is -0.493 e. The molecule has 1 aliphatic rings. The molecule has 1 fully saturated rings. The highest BCUT2D eigenvalue weighted by atomic mass is 16.5. The summed E-state index contributed by atoms with van der Waals surface area (Å²) in [6, 6.07) is 9.60. The average molecular weight is 440 g/mol. The molecule has 1 aromatic heterocycles. The minimum absolute atomic E-state index is 0.00849. The van der Waals surface area contributed by atoms with Gasteiger partial charge >= 0.3 is 5.97 Å². The van der Waals surface area contributed by atoms with Gasteiger partial charge in [0.25, 0.3) is 5.91 Å². The molecule has 2 aromatic rings. The van der Waals surface area contributed by atoms with Crippen LogP contribution < -0.4 is 14.8 Å². The third-order valence-corrected chi connectivity index (χ3v) is 5.81. The number of carbonyl (C=O) groups is 2. The van der Waals surface area contributed by atoms with Crippen molar-refractivity contribution in [2.24, 2.45) is 0 Å². The molecule has 1 N–H and O–H groups in total. The summed E-state index contributed by atoms with van der Waals surface area (Å²) in [5, 5.41) is 12.4. The van der Waals surface area contributed by atoms with Crippen LogP contribution in [-0.2, 0) is 14.3 Å². The van der Waals surface area contributed by atoms with E-state index in [1.54, 1.807) is 25.3 Å². The van der Waals surface area contributed by atoms with Crippen molar-refractivity contribution in [2.45, 2.75) is 52.0 Å². The van der Waals surface area contributed by atoms with Crippen molar-refractivity contribution in [3.05, 3.63) is 41.1 Å². The second-order valence-electron chi connectivity index (χ2n) is 7.81. The van der Waals surface area contributed by atoms with Gasteiger partial charge in [-0.15, -0.1) is 0 Å². The van der Waals surface area contributed by atoms with Crippen LogP contribution in [0.2, 0.25) is 0 Å². The summed E-state index contributed by atoms with van der Waals surface area (Å²) < 4.78 is 17.9. The molecule has 1 heterocycles. The Morgan fingerprint density at radius 3 is 2.53 bits per heavy atom. The van der Waals surface area contributed by atoms with Crippen molar-refractivity contribution in [1.82, 2.24) is 4.57 Å². The fourth-order valence-electron chi connectivity index (χ4n) is 4.07. The Morgan fingerprint density at radius 1 is 1.19 bits per heavy atom. The van der Waals surface area contributed by atoms with Crippen LogP contribution in [0.1, 0.15) is 55.0 Å². The van der Waals surface area contributed by atoms with E-state index in [0.29, 0.717) is 22.9 Å². The molecule has 1 amide bonds. The first-order valence-electron chi connectivity index (χ1n) is 10.8. The molecule has 3 rings (SSSR count). The number of aromatic nitrogens is 1. The molecule has 0 radical (unpaired) electrons. The number of hydrogen-bond donors (Lipinski definition) is 1. The van der Waals surface area contributed by atoms with Gasteiger partial charge in [-0.2, -0.15) is 5.26 Å². The Balaban J connectivity index is 1.54. The number of esters is 1. The largest absolute Gasteiger partial charge is 0.493 e. The smallest absolute Gasteiger partial charge is 0.309 e. The molecule has 1 saturated carbocycles. The summed E-state index contributed by atoms with van der Waals surface area (Å²) in [5.74, 6) is 0.577. The molecule has 0 saturated heterocycles. The van der Waals surface area contributed by atoms with Gasteiger partial charge in [0.1, 0.15) is 11.9 Å². The van der Waals surface area contributed by atoms with Gasteiger partial charge in [0.15, 0.2) is 18.1 Å². The molecule has 0 atom stereocenters. The Kier molecular flexibility index (Phi) is 7.77. The molecule has 0 spiro atoms. The lowest BCUT2D eigenvalue weighted by Crippen LogP contribution is -2.24. The van der Waals surface area contributed by atoms with Crippen LogP contribution in [0.15, 0.2) is 24.3 Å². The normalized spacial score (nSPS) is 13.4. The number of nitriles is 1. The van der Waals surface area contributed by atoms with Crippen molar-refractivity contribution < 1.29 is 23.8 Å². The first-order valence-corrected chi connectivity index (χ1v) is 10.8. The Morgan fingerprint density at radius 2 is 1.88 bits per heavy atom. The number of amides is 1. The van der Waals surface area contributed by atoms with Gasteiger partial charge in [0.2, 0.25) is 0 Å². The molecular formula is C24H29N3O5. The van der Waals surface area contributed by atoms with E-state index in [2.05, 4.69) is 16.0 Å². The van der Waals surface area contributed by atoms with Gasteiger partial charge in [-0.05, 0) is 44.4 Å². The van der Waals surface area contributed by atoms with Crippen LogP contribution in [-0.4, -0.2) is 36.8 Å².